The van der Waals surface area contributed by atoms with Crippen molar-refractivity contribution in [3.8, 4) is 0 Å². The molecule has 10 heteroatoms. The predicted molar refractivity (Wildman–Crippen MR) is 46.8 cm³/mol. The third kappa shape index (κ3) is 2.49. The van der Waals surface area contributed by atoms with Crippen LogP contribution in [-0.2, 0) is 0 Å². The first kappa shape index (κ1) is 16.1. The molecule has 0 bridgehead atoms. The van der Waals surface area contributed by atoms with Crippen molar-refractivity contribution in [3.05, 3.63) is 46.6 Å². The first-order valence-electron chi connectivity index (χ1n) is 4.39. The Hall–Kier alpha value is -2.00. The maximum absolute atomic E-state index is 13.1. The van der Waals surface area contributed by atoms with Crippen LogP contribution >= 0.6 is 0 Å². The van der Waals surface area contributed by atoms with Crippen molar-refractivity contribution >= 4 is 11.7 Å². The van der Waals surface area contributed by atoms with E-state index in [0.717, 1.165) is 0 Å². The highest BCUT2D eigenvalue weighted by atomic mass is 19.3. The van der Waals surface area contributed by atoms with Gasteiger partial charge >= 0.3 is 12.2 Å². The van der Waals surface area contributed by atoms with Gasteiger partial charge in [0.05, 0.1) is 11.1 Å². The summed E-state index contributed by atoms with van der Waals surface area (Å²) in [5.74, 6) is -17.1. The Morgan fingerprint density at radius 2 is 0.700 bits per heavy atom. The second-order valence-electron chi connectivity index (χ2n) is 3.15. The van der Waals surface area contributed by atoms with Crippen molar-refractivity contribution in [3.63, 3.8) is 0 Å². The number of benzene rings is 1. The van der Waals surface area contributed by atoms with E-state index in [2.05, 4.69) is 0 Å². The van der Waals surface area contributed by atoms with Crippen LogP contribution in [0.3, 0.4) is 0 Å². The van der Waals surface area contributed by atoms with E-state index < -0.39 is 58.2 Å². The first-order chi connectivity index (χ1) is 9.11. The molecule has 0 radical (unpaired) electrons. The van der Waals surface area contributed by atoms with E-state index in [9.17, 15) is 43.9 Å². The molecule has 0 fully saturated rings. The Balaban J connectivity index is 4.01. The maximum atomic E-state index is 13.1. The van der Waals surface area contributed by atoms with Crippen LogP contribution in [0.15, 0.2) is 12.2 Å². The lowest BCUT2D eigenvalue weighted by molar-refractivity contribution is 0.388. The molecule has 0 aromatic heterocycles. The van der Waals surface area contributed by atoms with Crippen molar-refractivity contribution in [2.75, 3.05) is 0 Å². The molecule has 0 amide bonds. The lowest BCUT2D eigenvalue weighted by Crippen LogP contribution is -2.07. The zero-order chi connectivity index (χ0) is 15.8. The van der Waals surface area contributed by atoms with Gasteiger partial charge < -0.3 is 0 Å². The summed E-state index contributed by atoms with van der Waals surface area (Å²) in [6.45, 7) is 0. The molecular weight excluding hydrogens is 310 g/mol. The average Bonchev–Trinajstić information content (AvgIpc) is 2.38. The third-order valence-electron chi connectivity index (χ3n) is 2.04. The Kier molecular flexibility index (Phi) is 4.46. The van der Waals surface area contributed by atoms with Gasteiger partial charge in [-0.05, 0) is 0 Å². The number of hydrogen-bond donors (Lipinski definition) is 0. The highest BCUT2D eigenvalue weighted by molar-refractivity contribution is 5.75. The standard InChI is InChI=1S/C10F10/c11-3-1(5(13)9(17)18)2(6(14)10(19)20)4(12)8(16)7(3)15. The van der Waals surface area contributed by atoms with Crippen LogP contribution < -0.4 is 0 Å². The molecule has 0 aliphatic heterocycles. The van der Waals surface area contributed by atoms with Gasteiger partial charge in [-0.25, -0.2) is 26.3 Å². The highest BCUT2D eigenvalue weighted by Crippen LogP contribution is 2.38. The van der Waals surface area contributed by atoms with Crippen molar-refractivity contribution in [2.45, 2.75) is 0 Å². The minimum absolute atomic E-state index is 2.48. The molecule has 110 valence electrons. The smallest absolute Gasteiger partial charge is 0.203 e. The van der Waals surface area contributed by atoms with Crippen LogP contribution in [0.25, 0.3) is 11.7 Å². The molecule has 0 spiro atoms. The Morgan fingerprint density at radius 3 is 0.900 bits per heavy atom. The third-order valence-corrected chi connectivity index (χ3v) is 2.04. The zero-order valence-corrected chi connectivity index (χ0v) is 8.78. The molecule has 1 aromatic carbocycles. The number of rotatable bonds is 2. The van der Waals surface area contributed by atoms with Gasteiger partial charge in [0.25, 0.3) is 0 Å². The van der Waals surface area contributed by atoms with Crippen molar-refractivity contribution < 1.29 is 43.9 Å². The largest absolute Gasteiger partial charge is 0.306 e. The van der Waals surface area contributed by atoms with Gasteiger partial charge in [-0.15, -0.1) is 0 Å². The van der Waals surface area contributed by atoms with Crippen molar-refractivity contribution in [1.29, 1.82) is 0 Å². The molecule has 0 saturated heterocycles. The Labute approximate surface area is 103 Å². The number of hydrogen-bond acceptors (Lipinski definition) is 0. The molecule has 1 rings (SSSR count). The first-order valence-corrected chi connectivity index (χ1v) is 4.39. The Bertz CT molecular complexity index is 565. The molecule has 20 heavy (non-hydrogen) atoms. The van der Waals surface area contributed by atoms with Gasteiger partial charge in [-0.1, -0.05) is 0 Å². The van der Waals surface area contributed by atoms with Crippen LogP contribution in [0, 0.1) is 23.3 Å². The normalized spacial score (nSPS) is 10.5. The summed E-state index contributed by atoms with van der Waals surface area (Å²) in [6.07, 6.45) is -6.75. The SMILES string of the molecule is FC(F)=C(F)c1c(F)c(F)c(F)c(F)c1C(F)=C(F)F. The van der Waals surface area contributed by atoms with Crippen LogP contribution in [0.5, 0.6) is 0 Å². The average molecular weight is 310 g/mol. The molecule has 0 atom stereocenters. The Morgan fingerprint density at radius 1 is 0.450 bits per heavy atom. The van der Waals surface area contributed by atoms with Gasteiger partial charge in [-0.2, -0.15) is 17.6 Å². The lowest BCUT2D eigenvalue weighted by atomic mass is 10.0. The molecule has 0 unspecified atom stereocenters. The van der Waals surface area contributed by atoms with Crippen LogP contribution in [-0.4, -0.2) is 0 Å². The predicted octanol–water partition coefficient (Wildman–Crippen LogP) is 5.31. The fourth-order valence-corrected chi connectivity index (χ4v) is 1.23. The molecule has 0 aliphatic rings. The minimum atomic E-state index is -3.37. The quantitative estimate of drug-likeness (QED) is 0.394. The number of halogens is 10. The van der Waals surface area contributed by atoms with E-state index in [0.29, 0.717) is 0 Å². The van der Waals surface area contributed by atoms with Gasteiger partial charge in [0.15, 0.2) is 34.9 Å². The van der Waals surface area contributed by atoms with E-state index in [1.54, 1.807) is 0 Å². The summed E-state index contributed by atoms with van der Waals surface area (Å²) in [7, 11) is 0. The van der Waals surface area contributed by atoms with Crippen molar-refractivity contribution in [1.82, 2.24) is 0 Å². The topological polar surface area (TPSA) is 0 Å². The van der Waals surface area contributed by atoms with E-state index in [4.69, 9.17) is 0 Å². The van der Waals surface area contributed by atoms with Crippen LogP contribution in [0.4, 0.5) is 43.9 Å². The summed E-state index contributed by atoms with van der Waals surface area (Å²) in [6, 6.07) is 0. The molecule has 0 N–H and O–H groups in total. The molecule has 0 saturated carbocycles. The summed E-state index contributed by atoms with van der Waals surface area (Å²) in [5.41, 5.74) is -4.96. The van der Waals surface area contributed by atoms with Crippen molar-refractivity contribution in [2.24, 2.45) is 0 Å². The van der Waals surface area contributed by atoms with Gasteiger partial charge in [-0.3, -0.25) is 0 Å². The van der Waals surface area contributed by atoms with Crippen LogP contribution in [0.1, 0.15) is 11.1 Å². The van der Waals surface area contributed by atoms with Gasteiger partial charge in [0.1, 0.15) is 0 Å². The summed E-state index contributed by atoms with van der Waals surface area (Å²) >= 11 is 0. The highest BCUT2D eigenvalue weighted by Gasteiger charge is 2.33. The fraction of sp³-hybridized carbons (Fsp3) is 0. The summed E-state index contributed by atoms with van der Waals surface area (Å²) in [5, 5.41) is 0. The van der Waals surface area contributed by atoms with E-state index in [-0.39, 0.29) is 0 Å². The molecule has 1 aromatic rings. The zero-order valence-electron chi connectivity index (χ0n) is 8.78. The van der Waals surface area contributed by atoms with Gasteiger partial charge in [0, 0.05) is 0 Å². The molecule has 0 nitrogen and oxygen atoms in total. The van der Waals surface area contributed by atoms with Gasteiger partial charge in [0.2, 0.25) is 0 Å². The molecule has 0 heterocycles. The summed E-state index contributed by atoms with van der Waals surface area (Å²) < 4.78 is 125. The second-order valence-corrected chi connectivity index (χ2v) is 3.15. The van der Waals surface area contributed by atoms with E-state index in [1.807, 2.05) is 0 Å². The second kappa shape index (κ2) is 5.55. The van der Waals surface area contributed by atoms with Crippen LogP contribution in [0.2, 0.25) is 0 Å². The minimum Gasteiger partial charge on any atom is -0.203 e. The fourth-order valence-electron chi connectivity index (χ4n) is 1.23. The molecular formula is C10F10. The summed E-state index contributed by atoms with van der Waals surface area (Å²) in [4.78, 5) is 0. The monoisotopic (exact) mass is 310 g/mol. The van der Waals surface area contributed by atoms with E-state index in [1.165, 1.54) is 0 Å². The lowest BCUT2D eigenvalue weighted by Gasteiger charge is -2.10. The maximum Gasteiger partial charge on any atom is 0.306 e. The van der Waals surface area contributed by atoms with E-state index >= 15 is 0 Å². The molecule has 0 aliphatic carbocycles.